The number of pyridine rings is 1. The fraction of sp³-hybridized carbons (Fsp3) is 0.580. The standard InChI is InChI=1S/C50H64FN3O10S/c1-29(2)62-35-16-14-32(15-17-35)40-21-33-22-43(61-9)39(51)24-38(33)45(52-40)63-36-23-41-42(55)27-50(47(58)53-65(59,60)49(8)18-19-49)26-34(50)13-11-10-12-30(3)20-31(4)37(46(57)54(41)28-36)25-44(56)64-48(5,6)7/h11,13-17,21-22,24,29-31,34,36-37,41H,10,12,18-20,23,25-28H2,1-9H3,(H,53,58)/b13-11-/t30-,31-,34-,36-,37+,41+,50-/m1/s1. The van der Waals surface area contributed by atoms with Crippen molar-refractivity contribution < 1.29 is 50.9 Å². The molecule has 2 aliphatic heterocycles. The summed E-state index contributed by atoms with van der Waals surface area (Å²) in [5, 5.41) is 0.912. The number of hydrogen-bond acceptors (Lipinski definition) is 11. The van der Waals surface area contributed by atoms with Gasteiger partial charge in [-0.1, -0.05) is 26.0 Å². The topological polar surface area (TPSA) is 167 Å². The highest BCUT2D eigenvalue weighted by atomic mass is 32.2. The molecule has 2 amide bonds. The average molecular weight is 918 g/mol. The Morgan fingerprint density at radius 2 is 1.75 bits per heavy atom. The molecule has 1 aromatic heterocycles. The Kier molecular flexibility index (Phi) is 13.5. The maximum atomic E-state index is 15.4. The van der Waals surface area contributed by atoms with E-state index in [1.54, 1.807) is 39.8 Å². The molecule has 4 aliphatic rings. The van der Waals surface area contributed by atoms with Crippen molar-refractivity contribution in [3.8, 4) is 28.6 Å². The van der Waals surface area contributed by atoms with E-state index in [2.05, 4.69) is 11.6 Å². The molecule has 0 bridgehead atoms. The lowest BCUT2D eigenvalue weighted by molar-refractivity contribution is -0.160. The van der Waals surface area contributed by atoms with Gasteiger partial charge in [-0.3, -0.25) is 23.9 Å². The molecule has 3 aromatic rings. The second-order valence-electron chi connectivity index (χ2n) is 20.4. The first-order chi connectivity index (χ1) is 30.5. The summed E-state index contributed by atoms with van der Waals surface area (Å²) in [4.78, 5) is 64.1. The van der Waals surface area contributed by atoms with Crippen LogP contribution in [0, 0.1) is 34.9 Å². The maximum Gasteiger partial charge on any atom is 0.307 e. The van der Waals surface area contributed by atoms with Gasteiger partial charge in [0, 0.05) is 23.8 Å². The summed E-state index contributed by atoms with van der Waals surface area (Å²) in [7, 11) is -2.64. The normalized spacial score (nSPS) is 27.5. The van der Waals surface area contributed by atoms with Crippen LogP contribution in [0.3, 0.4) is 0 Å². The number of halogens is 1. The van der Waals surface area contributed by atoms with Crippen LogP contribution >= 0.6 is 0 Å². The van der Waals surface area contributed by atoms with E-state index < -0.39 is 73.2 Å². The number of esters is 1. The monoisotopic (exact) mass is 917 g/mol. The van der Waals surface area contributed by atoms with Crippen molar-refractivity contribution in [2.45, 2.75) is 142 Å². The number of methoxy groups -OCH3 is 1. The summed E-state index contributed by atoms with van der Waals surface area (Å²) in [5.74, 6) is -3.35. The molecule has 0 radical (unpaired) electrons. The average Bonchev–Trinajstić information content (AvgIpc) is 4.10. The molecular formula is C50H64FN3O10S. The number of hydrogen-bond donors (Lipinski definition) is 1. The minimum absolute atomic E-state index is 0.00361. The Labute approximate surface area is 382 Å². The zero-order chi connectivity index (χ0) is 47.2. The van der Waals surface area contributed by atoms with Gasteiger partial charge in [0.15, 0.2) is 17.3 Å². The number of benzene rings is 2. The Bertz CT molecular complexity index is 2460. The predicted octanol–water partition coefficient (Wildman–Crippen LogP) is 8.51. The van der Waals surface area contributed by atoms with Gasteiger partial charge >= 0.3 is 5.97 Å². The second kappa shape index (κ2) is 18.3. The third-order valence-corrected chi connectivity index (χ3v) is 15.6. The quantitative estimate of drug-likeness (QED) is 0.145. The summed E-state index contributed by atoms with van der Waals surface area (Å²) >= 11 is 0. The fourth-order valence-electron chi connectivity index (χ4n) is 9.40. The number of ketones is 1. The Hall–Kier alpha value is -5.05. The molecule has 2 aliphatic carbocycles. The van der Waals surface area contributed by atoms with Gasteiger partial charge in [0.1, 0.15) is 17.5 Å². The van der Waals surface area contributed by atoms with Crippen LogP contribution in [0.2, 0.25) is 0 Å². The molecule has 1 saturated heterocycles. The van der Waals surface area contributed by atoms with Crippen LogP contribution in [-0.4, -0.2) is 84.1 Å². The van der Waals surface area contributed by atoms with Crippen LogP contribution in [0.25, 0.3) is 22.0 Å². The molecule has 3 heterocycles. The highest BCUT2D eigenvalue weighted by molar-refractivity contribution is 7.91. The Morgan fingerprint density at radius 1 is 1.05 bits per heavy atom. The number of fused-ring (bicyclic) bond motifs is 3. The number of sulfonamides is 1. The molecule has 7 atom stereocenters. The van der Waals surface area contributed by atoms with Gasteiger partial charge in [-0.25, -0.2) is 17.8 Å². The third-order valence-electron chi connectivity index (χ3n) is 13.5. The number of allylic oxidation sites excluding steroid dienone is 2. The molecule has 1 N–H and O–H groups in total. The minimum atomic E-state index is -4.01. The third kappa shape index (κ3) is 10.7. The molecule has 2 aromatic carbocycles. The molecule has 65 heavy (non-hydrogen) atoms. The van der Waals surface area contributed by atoms with E-state index in [1.807, 2.05) is 57.2 Å². The molecule has 7 rings (SSSR count). The second-order valence-corrected chi connectivity index (χ2v) is 22.6. The Balaban J connectivity index is 1.27. The summed E-state index contributed by atoms with van der Waals surface area (Å²) < 4.78 is 67.1. The van der Waals surface area contributed by atoms with Crippen molar-refractivity contribution in [1.29, 1.82) is 0 Å². The van der Waals surface area contributed by atoms with Crippen molar-refractivity contribution in [1.82, 2.24) is 14.6 Å². The van der Waals surface area contributed by atoms with Crippen molar-refractivity contribution in [2.75, 3.05) is 13.7 Å². The lowest BCUT2D eigenvalue weighted by Gasteiger charge is -2.32. The zero-order valence-electron chi connectivity index (χ0n) is 39.1. The van der Waals surface area contributed by atoms with Gasteiger partial charge in [-0.05, 0) is 146 Å². The van der Waals surface area contributed by atoms with Crippen molar-refractivity contribution >= 4 is 44.4 Å². The molecule has 3 fully saturated rings. The number of nitrogens with one attached hydrogen (secondary N) is 1. The van der Waals surface area contributed by atoms with E-state index >= 15 is 9.18 Å². The molecule has 13 nitrogen and oxygen atoms in total. The largest absolute Gasteiger partial charge is 0.494 e. The maximum absolute atomic E-state index is 15.4. The van der Waals surface area contributed by atoms with Crippen molar-refractivity contribution in [3.05, 3.63) is 60.4 Å². The van der Waals surface area contributed by atoms with Gasteiger partial charge in [0.05, 0.1) is 54.0 Å². The number of nitrogens with zero attached hydrogens (tertiary/aromatic N) is 2. The summed E-state index contributed by atoms with van der Waals surface area (Å²) in [6.07, 6.45) is 5.72. The summed E-state index contributed by atoms with van der Waals surface area (Å²) in [6.45, 7) is 14.7. The SMILES string of the molecule is COc1cc2cc(-c3ccc(OC(C)C)cc3)nc(O[C@@H]3C[C@H]4C(=O)C[C@]5(C(=O)NS(=O)(=O)C6(C)CC6)C[C@H]5/C=C\CC[C@@H](C)C[C@@H](C)[C@H](CC(=O)OC(C)(C)C)C(=O)N4C3)c2cc1F. The van der Waals surface area contributed by atoms with Crippen LogP contribution in [-0.2, 0) is 33.9 Å². The number of carbonyl (C=O) groups is 4. The first-order valence-electron chi connectivity index (χ1n) is 22.9. The highest BCUT2D eigenvalue weighted by Crippen LogP contribution is 2.58. The summed E-state index contributed by atoms with van der Waals surface area (Å²) in [5.41, 5.74) is -0.907. The predicted molar refractivity (Wildman–Crippen MR) is 244 cm³/mol. The molecule has 2 saturated carbocycles. The van der Waals surface area contributed by atoms with E-state index in [9.17, 15) is 22.8 Å². The first-order valence-corrected chi connectivity index (χ1v) is 24.4. The lowest BCUT2D eigenvalue weighted by atomic mass is 9.82. The number of Topliss-reactive ketones (excluding diaryl/α,β-unsaturated/α-hetero) is 1. The smallest absolute Gasteiger partial charge is 0.307 e. The van der Waals surface area contributed by atoms with Gasteiger partial charge in [-0.2, -0.15) is 0 Å². The number of carbonyl (C=O) groups excluding carboxylic acids is 4. The zero-order valence-corrected chi connectivity index (χ0v) is 39.9. The molecular weight excluding hydrogens is 854 g/mol. The van der Waals surface area contributed by atoms with Crippen LogP contribution in [0.15, 0.2) is 54.6 Å². The van der Waals surface area contributed by atoms with Gasteiger partial charge < -0.3 is 23.8 Å². The van der Waals surface area contributed by atoms with Crippen LogP contribution < -0.4 is 18.9 Å². The van der Waals surface area contributed by atoms with Gasteiger partial charge in [0.25, 0.3) is 0 Å². The van der Waals surface area contributed by atoms with E-state index in [4.69, 9.17) is 23.9 Å². The van der Waals surface area contributed by atoms with Crippen molar-refractivity contribution in [2.24, 2.45) is 29.1 Å². The number of amides is 2. The van der Waals surface area contributed by atoms with E-state index in [0.717, 1.165) is 12.0 Å². The van der Waals surface area contributed by atoms with E-state index in [1.165, 1.54) is 18.1 Å². The highest BCUT2D eigenvalue weighted by Gasteiger charge is 2.62. The fourth-order valence-corrected chi connectivity index (χ4v) is 10.7. The van der Waals surface area contributed by atoms with Gasteiger partial charge in [-0.15, -0.1) is 0 Å². The Morgan fingerprint density at radius 3 is 2.40 bits per heavy atom. The molecule has 15 heteroatoms. The van der Waals surface area contributed by atoms with Crippen LogP contribution in [0.1, 0.15) is 113 Å². The molecule has 0 unspecified atom stereocenters. The van der Waals surface area contributed by atoms with E-state index in [0.29, 0.717) is 47.9 Å². The van der Waals surface area contributed by atoms with E-state index in [-0.39, 0.29) is 67.7 Å². The van der Waals surface area contributed by atoms with Crippen LogP contribution in [0.4, 0.5) is 4.39 Å². The molecule has 0 spiro atoms. The minimum Gasteiger partial charge on any atom is -0.494 e. The molecule has 352 valence electrons. The first kappa shape index (κ1) is 47.9. The lowest BCUT2D eigenvalue weighted by Crippen LogP contribution is -2.48. The summed E-state index contributed by atoms with van der Waals surface area (Å²) in [6, 6.07) is 10.9. The van der Waals surface area contributed by atoms with Crippen molar-refractivity contribution in [3.63, 3.8) is 0 Å². The number of aromatic nitrogens is 1. The van der Waals surface area contributed by atoms with Gasteiger partial charge in [0.2, 0.25) is 27.7 Å². The number of ether oxygens (including phenoxy) is 4. The number of rotatable bonds is 11. The van der Waals surface area contributed by atoms with Crippen LogP contribution in [0.5, 0.6) is 17.4 Å².